The number of anilines is 4. The van der Waals surface area contributed by atoms with Gasteiger partial charge in [0.05, 0.1) is 6.21 Å². The lowest BCUT2D eigenvalue weighted by atomic mass is 10.2. The second kappa shape index (κ2) is 10.2. The Bertz CT molecular complexity index is 1300. The number of para-hydroxylation sites is 1. The molecule has 170 valence electrons. The molecule has 0 spiro atoms. The molecule has 0 fully saturated rings. The van der Waals surface area contributed by atoms with Crippen LogP contribution < -0.4 is 25.5 Å². The van der Waals surface area contributed by atoms with Gasteiger partial charge in [-0.05, 0) is 45.8 Å². The third-order valence-corrected chi connectivity index (χ3v) is 5.51. The highest BCUT2D eigenvalue weighted by Crippen LogP contribution is 2.36. The van der Waals surface area contributed by atoms with Crippen LogP contribution in [0.3, 0.4) is 0 Å². The van der Waals surface area contributed by atoms with Crippen LogP contribution in [0.25, 0.3) is 0 Å². The smallest absolute Gasteiger partial charge is 0.250 e. The lowest BCUT2D eigenvalue weighted by molar-refractivity contribution is 0.174. The van der Waals surface area contributed by atoms with E-state index in [1.54, 1.807) is 6.21 Å². The summed E-state index contributed by atoms with van der Waals surface area (Å²) in [7, 11) is 0. The van der Waals surface area contributed by atoms with Crippen molar-refractivity contribution in [3.05, 3.63) is 88.4 Å². The van der Waals surface area contributed by atoms with E-state index in [2.05, 4.69) is 52.0 Å². The van der Waals surface area contributed by atoms with E-state index in [-0.39, 0.29) is 12.7 Å². The second-order valence-electron chi connectivity index (χ2n) is 7.23. The highest BCUT2D eigenvalue weighted by Gasteiger charge is 2.15. The molecule has 2 heterocycles. The number of halogens is 1. The molecule has 5 rings (SSSR count). The molecule has 3 aromatic carbocycles. The maximum absolute atomic E-state index is 5.44. The number of nitrogens with zero attached hydrogens (tertiary/aromatic N) is 4. The van der Waals surface area contributed by atoms with Crippen LogP contribution in [-0.2, 0) is 6.54 Å². The normalized spacial score (nSPS) is 12.0. The minimum absolute atomic E-state index is 0.210. The number of hydrogen-bond donors (Lipinski definition) is 3. The Kier molecular flexibility index (Phi) is 6.48. The van der Waals surface area contributed by atoms with Gasteiger partial charge in [0.25, 0.3) is 0 Å². The maximum atomic E-state index is 5.44. The summed E-state index contributed by atoms with van der Waals surface area (Å²) >= 11 is 3.52. The maximum Gasteiger partial charge on any atom is 0.250 e. The lowest BCUT2D eigenvalue weighted by Gasteiger charge is -2.10. The standard InChI is InChI=1S/C24H20BrN7O2/c25-19-12-21-20(33-15-34-21)11-17(19)14-27-32-24-30-22(26-13-16-7-3-1-4-8-16)29-23(31-24)28-18-9-5-2-6-10-18/h1-12,14H,13,15H2,(H3,26,28,29,30,31,32). The largest absolute Gasteiger partial charge is 0.454 e. The zero-order valence-corrected chi connectivity index (χ0v) is 19.5. The van der Waals surface area contributed by atoms with Crippen LogP contribution in [0.1, 0.15) is 11.1 Å². The average molecular weight is 518 g/mol. The molecule has 10 heteroatoms. The fraction of sp³-hybridized carbons (Fsp3) is 0.0833. The summed E-state index contributed by atoms with van der Waals surface area (Å²) in [6.45, 7) is 0.782. The molecule has 9 nitrogen and oxygen atoms in total. The number of hydrogen-bond acceptors (Lipinski definition) is 9. The van der Waals surface area contributed by atoms with Gasteiger partial charge in [-0.3, -0.25) is 0 Å². The molecule has 1 aliphatic heterocycles. The molecule has 0 aliphatic carbocycles. The SMILES string of the molecule is Brc1cc2c(cc1C=NNc1nc(NCc3ccccc3)nc(Nc3ccccc3)n1)OCO2. The molecule has 1 aromatic heterocycles. The molecule has 4 aromatic rings. The van der Waals surface area contributed by atoms with E-state index in [1.807, 2.05) is 72.8 Å². The molecule has 0 saturated heterocycles. The van der Waals surface area contributed by atoms with Crippen molar-refractivity contribution in [2.45, 2.75) is 6.54 Å². The molecular weight excluding hydrogens is 498 g/mol. The van der Waals surface area contributed by atoms with Gasteiger partial charge >= 0.3 is 0 Å². The van der Waals surface area contributed by atoms with Crippen LogP contribution >= 0.6 is 15.9 Å². The van der Waals surface area contributed by atoms with E-state index in [4.69, 9.17) is 9.47 Å². The zero-order valence-electron chi connectivity index (χ0n) is 17.9. The summed E-state index contributed by atoms with van der Waals surface area (Å²) in [5.74, 6) is 2.46. The minimum Gasteiger partial charge on any atom is -0.454 e. The van der Waals surface area contributed by atoms with Crippen LogP contribution in [-0.4, -0.2) is 28.0 Å². The van der Waals surface area contributed by atoms with Crippen molar-refractivity contribution in [1.82, 2.24) is 15.0 Å². The van der Waals surface area contributed by atoms with Crippen LogP contribution in [0.4, 0.5) is 23.5 Å². The van der Waals surface area contributed by atoms with Crippen molar-refractivity contribution in [3.8, 4) is 11.5 Å². The zero-order chi connectivity index (χ0) is 23.2. The summed E-state index contributed by atoms with van der Waals surface area (Å²) in [6, 6.07) is 23.4. The molecule has 0 atom stereocenters. The first-order valence-corrected chi connectivity index (χ1v) is 11.3. The van der Waals surface area contributed by atoms with E-state index in [0.29, 0.717) is 29.9 Å². The molecule has 0 saturated carbocycles. The van der Waals surface area contributed by atoms with Crippen molar-refractivity contribution in [1.29, 1.82) is 0 Å². The quantitative estimate of drug-likeness (QED) is 0.217. The second-order valence-corrected chi connectivity index (χ2v) is 8.09. The molecule has 0 bridgehead atoms. The van der Waals surface area contributed by atoms with Crippen LogP contribution in [0.2, 0.25) is 0 Å². The first kappa shape index (κ1) is 21.7. The Balaban J connectivity index is 1.35. The summed E-state index contributed by atoms with van der Waals surface area (Å²) in [4.78, 5) is 13.4. The topological polar surface area (TPSA) is 106 Å². The molecule has 0 amide bonds. The van der Waals surface area contributed by atoms with Gasteiger partial charge in [-0.2, -0.15) is 20.1 Å². The van der Waals surface area contributed by atoms with E-state index in [0.717, 1.165) is 21.3 Å². The summed E-state index contributed by atoms with van der Waals surface area (Å²) in [6.07, 6.45) is 1.65. The number of fused-ring (bicyclic) bond motifs is 1. The Hall–Kier alpha value is -4.18. The van der Waals surface area contributed by atoms with Crippen molar-refractivity contribution in [2.75, 3.05) is 22.9 Å². The first-order chi connectivity index (χ1) is 16.7. The average Bonchev–Trinajstić information content (AvgIpc) is 3.31. The van der Waals surface area contributed by atoms with Gasteiger partial charge in [-0.1, -0.05) is 48.5 Å². The third-order valence-electron chi connectivity index (χ3n) is 4.82. The highest BCUT2D eigenvalue weighted by atomic mass is 79.9. The van der Waals surface area contributed by atoms with Crippen molar-refractivity contribution in [3.63, 3.8) is 0 Å². The fourth-order valence-electron chi connectivity index (χ4n) is 3.18. The van der Waals surface area contributed by atoms with E-state index in [9.17, 15) is 0 Å². The Morgan fingerprint density at radius 2 is 1.53 bits per heavy atom. The number of ether oxygens (including phenoxy) is 2. The summed E-state index contributed by atoms with van der Waals surface area (Å²) < 4.78 is 11.6. The van der Waals surface area contributed by atoms with E-state index >= 15 is 0 Å². The Morgan fingerprint density at radius 3 is 2.32 bits per heavy atom. The molecule has 0 radical (unpaired) electrons. The van der Waals surface area contributed by atoms with E-state index in [1.165, 1.54) is 0 Å². The summed E-state index contributed by atoms with van der Waals surface area (Å²) in [5.41, 5.74) is 5.68. The fourth-order valence-corrected chi connectivity index (χ4v) is 3.60. The summed E-state index contributed by atoms with van der Waals surface area (Å²) in [5, 5.41) is 10.7. The third kappa shape index (κ3) is 5.41. The van der Waals surface area contributed by atoms with Crippen molar-refractivity contribution in [2.24, 2.45) is 5.10 Å². The lowest BCUT2D eigenvalue weighted by Crippen LogP contribution is -2.09. The van der Waals surface area contributed by atoms with Gasteiger partial charge in [0, 0.05) is 22.3 Å². The van der Waals surface area contributed by atoms with E-state index < -0.39 is 0 Å². The predicted octanol–water partition coefficient (Wildman–Crippen LogP) is 5.16. The Labute approximate surface area is 204 Å². The van der Waals surface area contributed by atoms with Crippen LogP contribution in [0.5, 0.6) is 11.5 Å². The van der Waals surface area contributed by atoms with Gasteiger partial charge < -0.3 is 20.1 Å². The predicted molar refractivity (Wildman–Crippen MR) is 135 cm³/mol. The van der Waals surface area contributed by atoms with Gasteiger partial charge in [-0.25, -0.2) is 5.43 Å². The number of nitrogens with one attached hydrogen (secondary N) is 3. The molecule has 34 heavy (non-hydrogen) atoms. The first-order valence-electron chi connectivity index (χ1n) is 10.5. The molecular formula is C24H20BrN7O2. The number of rotatable bonds is 8. The van der Waals surface area contributed by atoms with Crippen molar-refractivity contribution >= 4 is 45.7 Å². The van der Waals surface area contributed by atoms with Crippen LogP contribution in [0.15, 0.2) is 82.4 Å². The minimum atomic E-state index is 0.210. The van der Waals surface area contributed by atoms with Crippen LogP contribution in [0, 0.1) is 0 Å². The number of aromatic nitrogens is 3. The highest BCUT2D eigenvalue weighted by molar-refractivity contribution is 9.10. The van der Waals surface area contributed by atoms with Gasteiger partial charge in [0.1, 0.15) is 0 Å². The monoisotopic (exact) mass is 517 g/mol. The van der Waals surface area contributed by atoms with Gasteiger partial charge in [0.15, 0.2) is 11.5 Å². The van der Waals surface area contributed by atoms with Gasteiger partial charge in [-0.15, -0.1) is 0 Å². The number of benzene rings is 3. The molecule has 1 aliphatic rings. The molecule has 0 unspecified atom stereocenters. The van der Waals surface area contributed by atoms with Gasteiger partial charge in [0.2, 0.25) is 24.6 Å². The Morgan fingerprint density at radius 1 is 0.853 bits per heavy atom. The van der Waals surface area contributed by atoms with Crippen molar-refractivity contribution < 1.29 is 9.47 Å². The molecule has 3 N–H and O–H groups in total. The number of hydrazone groups is 1.